The Morgan fingerprint density at radius 3 is 2.00 bits per heavy atom. The number of allylic oxidation sites excluding steroid dienone is 4. The van der Waals surface area contributed by atoms with Crippen molar-refractivity contribution in [3.05, 3.63) is 54.1 Å². The smallest absolute Gasteiger partial charge is 0.335 e. The van der Waals surface area contributed by atoms with Gasteiger partial charge in [0.2, 0.25) is 0 Å². The number of benzene rings is 1. The van der Waals surface area contributed by atoms with Crippen LogP contribution in [0.4, 0.5) is 0 Å². The predicted octanol–water partition coefficient (Wildman–Crippen LogP) is 8.29. The van der Waals surface area contributed by atoms with E-state index in [9.17, 15) is 4.79 Å². The van der Waals surface area contributed by atoms with Crippen LogP contribution < -0.4 is 0 Å². The van der Waals surface area contributed by atoms with Crippen molar-refractivity contribution in [1.29, 1.82) is 0 Å². The molecule has 0 unspecified atom stereocenters. The molecule has 1 aromatic carbocycles. The minimum Gasteiger partial charge on any atom is -0.478 e. The fraction of sp³-hybridized carbons (Fsp3) is 0.560. The van der Waals surface area contributed by atoms with Crippen LogP contribution in [0.5, 0.6) is 0 Å². The molecule has 1 N–H and O–H groups in total. The molecule has 0 atom stereocenters. The quantitative estimate of drug-likeness (QED) is 0.162. The molecule has 0 radical (unpaired) electrons. The number of carboxylic acid groups (broad SMARTS) is 1. The summed E-state index contributed by atoms with van der Waals surface area (Å²) in [5, 5.41) is 8.89. The van der Waals surface area contributed by atoms with Gasteiger partial charge in [0.15, 0.2) is 0 Å². The fourth-order valence-electron chi connectivity index (χ4n) is 2.97. The first-order chi connectivity index (χ1) is 13.7. The van der Waals surface area contributed by atoms with E-state index in [-0.39, 0.29) is 0 Å². The van der Waals surface area contributed by atoms with Crippen LogP contribution in [0.3, 0.4) is 0 Å². The van der Waals surface area contributed by atoms with E-state index in [1.165, 1.54) is 70.6 Å². The zero-order chi connectivity index (χ0) is 20.3. The molecule has 0 aliphatic carbocycles. The van der Waals surface area contributed by atoms with Crippen molar-refractivity contribution >= 4 is 17.7 Å². The molecule has 0 aliphatic heterocycles. The van der Waals surface area contributed by atoms with Gasteiger partial charge in [0.25, 0.3) is 0 Å². The van der Waals surface area contributed by atoms with Crippen molar-refractivity contribution < 1.29 is 9.90 Å². The van der Waals surface area contributed by atoms with Gasteiger partial charge in [-0.05, 0) is 68.5 Å². The number of hydrogen-bond acceptors (Lipinski definition) is 2. The van der Waals surface area contributed by atoms with E-state index in [1.54, 1.807) is 12.1 Å². The largest absolute Gasteiger partial charge is 0.478 e. The van der Waals surface area contributed by atoms with Gasteiger partial charge in [-0.25, -0.2) is 4.79 Å². The second-order valence-corrected chi connectivity index (χ2v) is 8.43. The lowest BCUT2D eigenvalue weighted by molar-refractivity contribution is 0.0697. The zero-order valence-corrected chi connectivity index (χ0v) is 18.4. The van der Waals surface area contributed by atoms with Crippen LogP contribution in [0.2, 0.25) is 0 Å². The third kappa shape index (κ3) is 13.7. The average Bonchev–Trinajstić information content (AvgIpc) is 2.70. The first-order valence-electron chi connectivity index (χ1n) is 11.0. The molecule has 1 rings (SSSR count). The van der Waals surface area contributed by atoms with E-state index in [0.29, 0.717) is 5.56 Å². The van der Waals surface area contributed by atoms with Crippen LogP contribution in [-0.2, 0) is 0 Å². The minimum absolute atomic E-state index is 0.359. The van der Waals surface area contributed by atoms with Gasteiger partial charge in [0.05, 0.1) is 5.56 Å². The number of aromatic carboxylic acids is 1. The number of carboxylic acids is 1. The molecule has 156 valence electrons. The van der Waals surface area contributed by atoms with Crippen molar-refractivity contribution in [1.82, 2.24) is 0 Å². The number of carbonyl (C=O) groups is 1. The van der Waals surface area contributed by atoms with E-state index in [4.69, 9.17) is 5.11 Å². The van der Waals surface area contributed by atoms with Crippen LogP contribution in [-0.4, -0.2) is 16.8 Å². The normalized spacial score (nSPS) is 11.6. The van der Waals surface area contributed by atoms with Crippen LogP contribution in [0.25, 0.3) is 0 Å². The molecular formula is C25H38O2S. The van der Waals surface area contributed by atoms with Crippen LogP contribution in [0.1, 0.15) is 94.3 Å². The molecule has 1 aromatic rings. The van der Waals surface area contributed by atoms with Crippen molar-refractivity contribution in [3.8, 4) is 0 Å². The molecule has 0 spiro atoms. The Balaban J connectivity index is 1.87. The maximum atomic E-state index is 10.8. The van der Waals surface area contributed by atoms with Gasteiger partial charge in [-0.3, -0.25) is 0 Å². The zero-order valence-electron chi connectivity index (χ0n) is 17.6. The van der Waals surface area contributed by atoms with Crippen LogP contribution in [0, 0.1) is 0 Å². The third-order valence-electron chi connectivity index (χ3n) is 4.71. The van der Waals surface area contributed by atoms with Crippen molar-refractivity contribution in [3.63, 3.8) is 0 Å². The minimum atomic E-state index is -0.860. The summed E-state index contributed by atoms with van der Waals surface area (Å²) >= 11 is 1.82. The molecule has 28 heavy (non-hydrogen) atoms. The molecule has 0 saturated heterocycles. The number of hydrogen-bond donors (Lipinski definition) is 1. The summed E-state index contributed by atoms with van der Waals surface area (Å²) in [6.45, 7) is 2.25. The van der Waals surface area contributed by atoms with E-state index >= 15 is 0 Å². The first-order valence-corrected chi connectivity index (χ1v) is 12.0. The molecule has 0 saturated carbocycles. The highest BCUT2D eigenvalue weighted by Gasteiger charge is 2.01. The Hall–Kier alpha value is -1.48. The number of rotatable bonds is 17. The second-order valence-electron chi connectivity index (χ2n) is 7.26. The monoisotopic (exact) mass is 402 g/mol. The summed E-state index contributed by atoms with van der Waals surface area (Å²) in [5.74, 6) is 0.253. The van der Waals surface area contributed by atoms with E-state index < -0.39 is 5.97 Å². The highest BCUT2D eigenvalue weighted by Crippen LogP contribution is 2.20. The van der Waals surface area contributed by atoms with Gasteiger partial charge in [-0.1, -0.05) is 69.8 Å². The highest BCUT2D eigenvalue weighted by atomic mass is 32.2. The number of thioether (sulfide) groups is 1. The summed E-state index contributed by atoms with van der Waals surface area (Å²) in [6, 6.07) is 7.18. The van der Waals surface area contributed by atoms with Gasteiger partial charge in [-0.2, -0.15) is 0 Å². The molecule has 0 aliphatic rings. The Labute approximate surface area is 176 Å². The molecule has 0 aromatic heterocycles. The van der Waals surface area contributed by atoms with Crippen LogP contribution >= 0.6 is 11.8 Å². The van der Waals surface area contributed by atoms with Gasteiger partial charge in [0.1, 0.15) is 0 Å². The molecule has 0 amide bonds. The standard InChI is InChI=1S/C25H38O2S/c1-2-3-4-5-6-7-8-9-10-11-12-13-14-15-16-17-22-28-24-20-18-23(19-21-24)25(26)27/h6-7,9-10,18-21H,2-5,8,11-17,22H2,1H3,(H,26,27). The summed E-state index contributed by atoms with van der Waals surface area (Å²) in [4.78, 5) is 12.0. The Morgan fingerprint density at radius 2 is 1.39 bits per heavy atom. The molecule has 0 bridgehead atoms. The molecule has 0 fully saturated rings. The molecular weight excluding hydrogens is 364 g/mol. The molecule has 2 nitrogen and oxygen atoms in total. The van der Waals surface area contributed by atoms with Crippen molar-refractivity contribution in [2.45, 2.75) is 88.9 Å². The van der Waals surface area contributed by atoms with E-state index in [1.807, 2.05) is 23.9 Å². The predicted molar refractivity (Wildman–Crippen MR) is 123 cm³/mol. The Morgan fingerprint density at radius 1 is 0.821 bits per heavy atom. The van der Waals surface area contributed by atoms with Gasteiger partial charge >= 0.3 is 5.97 Å². The highest BCUT2D eigenvalue weighted by molar-refractivity contribution is 7.99. The topological polar surface area (TPSA) is 37.3 Å². The van der Waals surface area contributed by atoms with Gasteiger partial charge in [-0.15, -0.1) is 11.8 Å². The Bertz CT molecular complexity index is 560. The average molecular weight is 403 g/mol. The Kier molecular flexibility index (Phi) is 15.4. The first kappa shape index (κ1) is 24.6. The third-order valence-corrected chi connectivity index (χ3v) is 5.81. The second kappa shape index (κ2) is 17.6. The lowest BCUT2D eigenvalue weighted by atomic mass is 10.1. The number of unbranched alkanes of at least 4 members (excludes halogenated alkanes) is 9. The van der Waals surface area contributed by atoms with E-state index in [0.717, 1.165) is 17.1 Å². The van der Waals surface area contributed by atoms with Crippen molar-refractivity contribution in [2.24, 2.45) is 0 Å². The molecule has 3 heteroatoms. The SMILES string of the molecule is CCCCCC=CCC=CCCCCCCCCSc1ccc(C(=O)O)cc1. The molecule has 0 heterocycles. The maximum absolute atomic E-state index is 10.8. The summed E-state index contributed by atoms with van der Waals surface area (Å²) < 4.78 is 0. The van der Waals surface area contributed by atoms with Gasteiger partial charge < -0.3 is 5.11 Å². The van der Waals surface area contributed by atoms with E-state index in [2.05, 4.69) is 31.2 Å². The maximum Gasteiger partial charge on any atom is 0.335 e. The fourth-order valence-corrected chi connectivity index (χ4v) is 3.89. The van der Waals surface area contributed by atoms with Gasteiger partial charge in [0, 0.05) is 4.90 Å². The lowest BCUT2D eigenvalue weighted by Gasteiger charge is -2.03. The summed E-state index contributed by atoms with van der Waals surface area (Å²) in [6.07, 6.45) is 24.6. The van der Waals surface area contributed by atoms with Crippen LogP contribution in [0.15, 0.2) is 53.5 Å². The summed E-state index contributed by atoms with van der Waals surface area (Å²) in [7, 11) is 0. The van der Waals surface area contributed by atoms with Crippen molar-refractivity contribution in [2.75, 3.05) is 5.75 Å². The lowest BCUT2D eigenvalue weighted by Crippen LogP contribution is -1.94. The summed E-state index contributed by atoms with van der Waals surface area (Å²) in [5.41, 5.74) is 0.359.